The van der Waals surface area contributed by atoms with Crippen molar-refractivity contribution >= 4 is 58.7 Å². The molecule has 0 bridgehead atoms. The Hall–Kier alpha value is -2.54. The number of carbonyl (C=O) groups is 2. The number of amides is 2. The molecule has 0 aromatic heterocycles. The number of nitrogens with zero attached hydrogens (tertiary/aromatic N) is 2. The molecule has 1 N–H and O–H groups in total. The van der Waals surface area contributed by atoms with Crippen molar-refractivity contribution in [3.05, 3.63) is 63.7 Å². The van der Waals surface area contributed by atoms with Gasteiger partial charge in [-0.1, -0.05) is 17.7 Å². The molecule has 3 aliphatic rings. The van der Waals surface area contributed by atoms with Crippen LogP contribution in [-0.4, -0.2) is 30.1 Å². The Morgan fingerprint density at radius 2 is 1.77 bits per heavy atom. The molecule has 2 aromatic carbocycles. The van der Waals surface area contributed by atoms with Crippen LogP contribution >= 0.6 is 11.6 Å². The van der Waals surface area contributed by atoms with Gasteiger partial charge in [-0.25, -0.2) is 4.99 Å². The molecule has 0 fully saturated rings. The van der Waals surface area contributed by atoms with E-state index in [1.54, 1.807) is 35.2 Å². The molecule has 2 aromatic rings. The predicted molar refractivity (Wildman–Crippen MR) is 120 cm³/mol. The molecule has 0 radical (unpaired) electrons. The smallest absolute Gasteiger partial charge is 0.282 e. The van der Waals surface area contributed by atoms with Crippen LogP contribution in [0.2, 0.25) is 5.02 Å². The lowest BCUT2D eigenvalue weighted by molar-refractivity contribution is -0.838. The molecule has 5 nitrogen and oxygen atoms in total. The number of anilines is 1. The molecule has 0 saturated carbocycles. The normalized spacial score (nSPS) is 20.4. The summed E-state index contributed by atoms with van der Waals surface area (Å²) >= 11 is 11.3. The highest BCUT2D eigenvalue weighted by Gasteiger charge is 2.31. The molecule has 0 saturated heterocycles. The Bertz CT molecular complexity index is 1110. The van der Waals surface area contributed by atoms with Gasteiger partial charge in [-0.3, -0.25) is 14.5 Å². The van der Waals surface area contributed by atoms with E-state index in [0.717, 1.165) is 31.2 Å². The van der Waals surface area contributed by atoms with Gasteiger partial charge in [-0.15, -0.1) is 0 Å². The highest BCUT2D eigenvalue weighted by atomic mass is 35.5. The first-order valence-electron chi connectivity index (χ1n) is 10.1. The number of aliphatic imine (C=N–C) groups is 1. The van der Waals surface area contributed by atoms with Crippen molar-refractivity contribution in [3.8, 4) is 0 Å². The SMILES string of the molecule is O=C1N=C([S-])N(c2cccc(Cl)c2)C(=O)C1=Cc1cc2c3c(c1)CCC[NH+]3CCC2. The average molecular weight is 438 g/mol. The predicted octanol–water partition coefficient (Wildman–Crippen LogP) is 2.61. The van der Waals surface area contributed by atoms with Gasteiger partial charge in [0.05, 0.1) is 18.8 Å². The molecule has 30 heavy (non-hydrogen) atoms. The fraction of sp³-hybridized carbons (Fsp3) is 0.261. The molecular weight excluding hydrogens is 418 g/mol. The van der Waals surface area contributed by atoms with Gasteiger partial charge in [0.2, 0.25) is 0 Å². The number of nitrogens with one attached hydrogen (secondary N) is 1. The summed E-state index contributed by atoms with van der Waals surface area (Å²) < 4.78 is 0. The van der Waals surface area contributed by atoms with E-state index in [0.29, 0.717) is 10.7 Å². The van der Waals surface area contributed by atoms with E-state index in [2.05, 4.69) is 17.1 Å². The third kappa shape index (κ3) is 3.35. The number of carbonyl (C=O) groups excluding carboxylic acids is 2. The van der Waals surface area contributed by atoms with Crippen LogP contribution in [0.1, 0.15) is 29.5 Å². The fourth-order valence-electron chi connectivity index (χ4n) is 4.71. The van der Waals surface area contributed by atoms with Crippen LogP contribution in [0.25, 0.3) is 6.08 Å². The summed E-state index contributed by atoms with van der Waals surface area (Å²) in [6.07, 6.45) is 6.05. The van der Waals surface area contributed by atoms with Crippen molar-refractivity contribution in [3.63, 3.8) is 0 Å². The lowest BCUT2D eigenvalue weighted by atomic mass is 9.89. The molecule has 7 heteroatoms. The zero-order valence-electron chi connectivity index (χ0n) is 16.3. The van der Waals surface area contributed by atoms with Crippen molar-refractivity contribution in [2.45, 2.75) is 25.7 Å². The van der Waals surface area contributed by atoms with E-state index in [4.69, 9.17) is 24.2 Å². The van der Waals surface area contributed by atoms with Crippen LogP contribution in [-0.2, 0) is 35.1 Å². The average Bonchev–Trinajstić information content (AvgIpc) is 2.71. The topological polar surface area (TPSA) is 54.2 Å². The van der Waals surface area contributed by atoms with Crippen molar-refractivity contribution in [1.82, 2.24) is 0 Å². The Morgan fingerprint density at radius 1 is 1.07 bits per heavy atom. The standard InChI is InChI=1S/C23H20ClN3O2S/c24-17-6-1-7-18(13-17)27-22(29)19(21(28)25-23(27)30)12-14-10-15-4-2-8-26-9-3-5-16(11-14)20(15)26/h1,6-7,10-13H,2-5,8-9H2,(H,25,28,30). The highest BCUT2D eigenvalue weighted by Crippen LogP contribution is 2.30. The van der Waals surface area contributed by atoms with E-state index >= 15 is 0 Å². The van der Waals surface area contributed by atoms with E-state index in [9.17, 15) is 9.59 Å². The number of quaternary nitrogens is 1. The summed E-state index contributed by atoms with van der Waals surface area (Å²) in [6.45, 7) is 2.37. The van der Waals surface area contributed by atoms with Crippen LogP contribution in [0.4, 0.5) is 11.4 Å². The summed E-state index contributed by atoms with van der Waals surface area (Å²) in [4.78, 5) is 32.5. The Morgan fingerprint density at radius 3 is 2.43 bits per heavy atom. The van der Waals surface area contributed by atoms with Crippen LogP contribution in [0.5, 0.6) is 0 Å². The van der Waals surface area contributed by atoms with Gasteiger partial charge in [0, 0.05) is 29.0 Å². The molecule has 0 aliphatic carbocycles. The number of amidine groups is 1. The maximum absolute atomic E-state index is 13.2. The summed E-state index contributed by atoms with van der Waals surface area (Å²) in [6, 6.07) is 11.0. The number of hydrogen-bond donors (Lipinski definition) is 1. The lowest BCUT2D eigenvalue weighted by Gasteiger charge is -2.32. The lowest BCUT2D eigenvalue weighted by Crippen LogP contribution is -3.09. The zero-order chi connectivity index (χ0) is 20.8. The van der Waals surface area contributed by atoms with E-state index in [1.807, 2.05) is 0 Å². The second kappa shape index (κ2) is 7.61. The minimum absolute atomic E-state index is 0.0200. The molecule has 0 atom stereocenters. The first kappa shape index (κ1) is 19.4. The summed E-state index contributed by atoms with van der Waals surface area (Å²) in [5.41, 5.74) is 5.48. The first-order chi connectivity index (χ1) is 14.5. The number of halogens is 1. The minimum atomic E-state index is -0.595. The van der Waals surface area contributed by atoms with E-state index in [1.165, 1.54) is 34.8 Å². The second-order valence-corrected chi connectivity index (χ2v) is 8.70. The molecule has 152 valence electrons. The van der Waals surface area contributed by atoms with Crippen molar-refractivity contribution in [1.29, 1.82) is 0 Å². The minimum Gasteiger partial charge on any atom is -0.742 e. The van der Waals surface area contributed by atoms with Crippen LogP contribution < -0.4 is 9.80 Å². The third-order valence-electron chi connectivity index (χ3n) is 5.96. The Balaban J connectivity index is 1.57. The van der Waals surface area contributed by atoms with Crippen LogP contribution in [0.3, 0.4) is 0 Å². The van der Waals surface area contributed by atoms with Gasteiger partial charge >= 0.3 is 0 Å². The number of benzene rings is 2. The van der Waals surface area contributed by atoms with Crippen molar-refractivity contribution in [2.75, 3.05) is 18.0 Å². The Kier molecular flexibility index (Phi) is 4.93. The zero-order valence-corrected chi connectivity index (χ0v) is 17.9. The molecule has 0 spiro atoms. The quantitative estimate of drug-likeness (QED) is 0.446. The summed E-state index contributed by atoms with van der Waals surface area (Å²) in [5.74, 6) is -1.07. The van der Waals surface area contributed by atoms with Gasteiger partial charge in [0.25, 0.3) is 11.8 Å². The Labute approximate surface area is 185 Å². The van der Waals surface area contributed by atoms with Crippen LogP contribution in [0, 0.1) is 0 Å². The monoisotopic (exact) mass is 437 g/mol. The molecule has 2 amide bonds. The second-order valence-electron chi connectivity index (χ2n) is 7.90. The van der Waals surface area contributed by atoms with Gasteiger partial charge < -0.3 is 17.5 Å². The summed E-state index contributed by atoms with van der Waals surface area (Å²) in [7, 11) is 0. The van der Waals surface area contributed by atoms with Gasteiger partial charge in [0.1, 0.15) is 11.3 Å². The molecule has 3 heterocycles. The van der Waals surface area contributed by atoms with Crippen molar-refractivity contribution in [2.24, 2.45) is 4.99 Å². The van der Waals surface area contributed by atoms with Crippen LogP contribution in [0.15, 0.2) is 47.0 Å². The largest absolute Gasteiger partial charge is 0.742 e. The molecule has 5 rings (SSSR count). The number of hydrogen-bond acceptors (Lipinski definition) is 3. The highest BCUT2D eigenvalue weighted by molar-refractivity contribution is 7.78. The molecular formula is C23H20ClN3O2S. The number of aryl methyl sites for hydroxylation is 2. The fourth-order valence-corrected chi connectivity index (χ4v) is 5.17. The maximum Gasteiger partial charge on any atom is 0.282 e. The maximum atomic E-state index is 13.2. The molecule has 3 aliphatic heterocycles. The van der Waals surface area contributed by atoms with Gasteiger partial charge in [-0.05, 0) is 60.0 Å². The first-order valence-corrected chi connectivity index (χ1v) is 10.9. The van der Waals surface area contributed by atoms with Gasteiger partial charge in [-0.2, -0.15) is 0 Å². The van der Waals surface area contributed by atoms with Gasteiger partial charge in [0.15, 0.2) is 0 Å². The summed E-state index contributed by atoms with van der Waals surface area (Å²) in [5, 5.41) is 0.413. The third-order valence-corrected chi connectivity index (χ3v) is 6.47. The van der Waals surface area contributed by atoms with Crippen molar-refractivity contribution < 1.29 is 14.5 Å². The van der Waals surface area contributed by atoms with E-state index < -0.39 is 11.8 Å². The van der Waals surface area contributed by atoms with E-state index in [-0.39, 0.29) is 10.7 Å². The molecule has 0 unspecified atom stereocenters. The number of rotatable bonds is 2.